The van der Waals surface area contributed by atoms with Gasteiger partial charge < -0.3 is 0 Å². The first-order valence-corrected chi connectivity index (χ1v) is 11.7. The minimum atomic E-state index is -0.191. The summed E-state index contributed by atoms with van der Waals surface area (Å²) in [6, 6.07) is 12.7. The van der Waals surface area contributed by atoms with Crippen LogP contribution in [0.4, 0.5) is 5.69 Å². The van der Waals surface area contributed by atoms with Gasteiger partial charge >= 0.3 is 5.91 Å². The average Bonchev–Trinajstić information content (AvgIpc) is 3.06. The fraction of sp³-hybridized carbons (Fsp3) is 0.391. The first-order chi connectivity index (χ1) is 14.8. The molecule has 1 amide bonds. The molecule has 2 aliphatic heterocycles. The summed E-state index contributed by atoms with van der Waals surface area (Å²) in [5, 5.41) is 8.30. The van der Waals surface area contributed by atoms with Crippen LogP contribution in [0.1, 0.15) is 37.8 Å². The molecule has 0 aromatic heterocycles. The summed E-state index contributed by atoms with van der Waals surface area (Å²) in [6.45, 7) is 3.89. The third-order valence-corrected chi connectivity index (χ3v) is 6.95. The summed E-state index contributed by atoms with van der Waals surface area (Å²) >= 11 is 18.7. The van der Waals surface area contributed by atoms with E-state index in [0.717, 1.165) is 31.5 Å². The molecule has 1 N–H and O–H groups in total. The van der Waals surface area contributed by atoms with Crippen molar-refractivity contribution < 1.29 is 9.39 Å². The summed E-state index contributed by atoms with van der Waals surface area (Å²) in [4.78, 5) is 13.3. The normalized spacial score (nSPS) is 22.9. The van der Waals surface area contributed by atoms with Gasteiger partial charge in [-0.25, -0.2) is 4.59 Å². The molecule has 0 unspecified atom stereocenters. The molecule has 2 aromatic carbocycles. The van der Waals surface area contributed by atoms with Gasteiger partial charge in [0.05, 0.1) is 23.8 Å². The van der Waals surface area contributed by atoms with Crippen LogP contribution in [0.25, 0.3) is 0 Å². The molecule has 0 bridgehead atoms. The number of nitrogens with zero attached hydrogens (tertiary/aromatic N) is 3. The lowest BCUT2D eigenvalue weighted by Gasteiger charge is -2.36. The number of rotatable bonds is 4. The van der Waals surface area contributed by atoms with E-state index in [0.29, 0.717) is 31.1 Å². The number of likely N-dealkylation sites (tertiary alicyclic amines) is 1. The Labute approximate surface area is 198 Å². The quantitative estimate of drug-likeness (QED) is 0.557. The second kappa shape index (κ2) is 8.99. The number of anilines is 1. The zero-order chi connectivity index (χ0) is 22.2. The van der Waals surface area contributed by atoms with Crippen LogP contribution >= 0.6 is 34.8 Å². The number of quaternary nitrogens is 1. The number of nitrogens with one attached hydrogen (secondary N) is 1. The smallest absolute Gasteiger partial charge is 0.263 e. The standard InChI is InChI=1S/C23H25Cl3N4O/c1-15-21(23(31)28-30(2)12-4-3-5-13-30)27-29(20-11-10-18(25)14-19(20)26)22(15)16-6-8-17(24)9-7-16/h6-11,14-15,22H,3-5,12-13H2,1-2H3/p+1/t15-,22+/m0/s1. The molecule has 31 heavy (non-hydrogen) atoms. The lowest BCUT2D eigenvalue weighted by atomic mass is 9.91. The molecular formula is C23H26Cl3N4O+. The number of benzene rings is 2. The zero-order valence-electron chi connectivity index (χ0n) is 17.6. The topological polar surface area (TPSA) is 44.7 Å². The van der Waals surface area contributed by atoms with E-state index in [-0.39, 0.29) is 17.9 Å². The summed E-state index contributed by atoms with van der Waals surface area (Å²) < 4.78 is 0.540. The molecule has 2 heterocycles. The van der Waals surface area contributed by atoms with Crippen LogP contribution in [0.15, 0.2) is 47.6 Å². The monoisotopic (exact) mass is 479 g/mol. The van der Waals surface area contributed by atoms with Crippen LogP contribution in [0.3, 0.4) is 0 Å². The SMILES string of the molecule is C[C@H]1C(C(=O)N[N+]2(C)CCCCC2)=NN(c2ccc(Cl)cc2Cl)[C@H]1c1ccc(Cl)cc1. The number of carbonyl (C=O) groups is 1. The largest absolute Gasteiger partial charge is 0.312 e. The molecule has 0 radical (unpaired) electrons. The first-order valence-electron chi connectivity index (χ1n) is 10.5. The molecule has 0 saturated carbocycles. The van der Waals surface area contributed by atoms with Crippen LogP contribution in [0, 0.1) is 5.92 Å². The Bertz CT molecular complexity index is 1000. The van der Waals surface area contributed by atoms with Crippen molar-refractivity contribution in [2.24, 2.45) is 11.0 Å². The molecule has 8 heteroatoms. The Kier molecular flexibility index (Phi) is 6.50. The van der Waals surface area contributed by atoms with Gasteiger partial charge in [0, 0.05) is 16.0 Å². The molecule has 2 aromatic rings. The maximum atomic E-state index is 13.3. The predicted octanol–water partition coefficient (Wildman–Crippen LogP) is 5.86. The highest BCUT2D eigenvalue weighted by atomic mass is 35.5. The van der Waals surface area contributed by atoms with Gasteiger partial charge in [-0.15, -0.1) is 0 Å². The number of carbonyl (C=O) groups excluding carboxylic acids is 1. The van der Waals surface area contributed by atoms with Gasteiger partial charge in [-0.05, 0) is 55.2 Å². The maximum Gasteiger partial charge on any atom is 0.312 e. The third kappa shape index (κ3) is 4.70. The molecule has 2 atom stereocenters. The van der Waals surface area contributed by atoms with E-state index in [4.69, 9.17) is 39.9 Å². The van der Waals surface area contributed by atoms with Crippen molar-refractivity contribution in [1.82, 2.24) is 5.43 Å². The van der Waals surface area contributed by atoms with Gasteiger partial charge in [-0.1, -0.05) is 53.9 Å². The second-order valence-electron chi connectivity index (χ2n) is 8.56. The summed E-state index contributed by atoms with van der Waals surface area (Å²) in [5.41, 5.74) is 5.42. The zero-order valence-corrected chi connectivity index (χ0v) is 19.9. The molecule has 0 aliphatic carbocycles. The minimum absolute atomic E-state index is 0.136. The predicted molar refractivity (Wildman–Crippen MR) is 128 cm³/mol. The van der Waals surface area contributed by atoms with Crippen molar-refractivity contribution in [3.8, 4) is 0 Å². The van der Waals surface area contributed by atoms with Crippen molar-refractivity contribution in [2.45, 2.75) is 32.2 Å². The summed E-state index contributed by atoms with van der Waals surface area (Å²) in [7, 11) is 2.07. The number of hydrogen-bond acceptors (Lipinski definition) is 3. The molecule has 1 saturated heterocycles. The van der Waals surface area contributed by atoms with Gasteiger partial charge in [-0.2, -0.15) is 10.5 Å². The number of amides is 1. The molecule has 0 spiro atoms. The minimum Gasteiger partial charge on any atom is -0.263 e. The summed E-state index contributed by atoms with van der Waals surface area (Å²) in [6.07, 6.45) is 3.43. The molecule has 2 aliphatic rings. The summed E-state index contributed by atoms with van der Waals surface area (Å²) in [5.74, 6) is -0.284. The van der Waals surface area contributed by atoms with E-state index >= 15 is 0 Å². The van der Waals surface area contributed by atoms with Crippen LogP contribution < -0.4 is 10.4 Å². The first kappa shape index (κ1) is 22.4. The van der Waals surface area contributed by atoms with E-state index in [1.165, 1.54) is 6.42 Å². The van der Waals surface area contributed by atoms with Crippen molar-refractivity contribution in [3.63, 3.8) is 0 Å². The lowest BCUT2D eigenvalue weighted by molar-refractivity contribution is -0.947. The van der Waals surface area contributed by atoms with Gasteiger partial charge in [-0.3, -0.25) is 9.80 Å². The van der Waals surface area contributed by atoms with Crippen LogP contribution in [-0.2, 0) is 4.79 Å². The van der Waals surface area contributed by atoms with Gasteiger partial charge in [0.15, 0.2) is 0 Å². The number of hydrazone groups is 1. The molecule has 4 rings (SSSR count). The van der Waals surface area contributed by atoms with Gasteiger partial charge in [0.25, 0.3) is 0 Å². The number of hydrogen-bond donors (Lipinski definition) is 1. The molecule has 1 fully saturated rings. The van der Waals surface area contributed by atoms with Crippen molar-refractivity contribution in [2.75, 3.05) is 25.1 Å². The van der Waals surface area contributed by atoms with Crippen molar-refractivity contribution in [1.29, 1.82) is 0 Å². The van der Waals surface area contributed by atoms with Gasteiger partial charge in [0.1, 0.15) is 18.8 Å². The van der Waals surface area contributed by atoms with Gasteiger partial charge in [0.2, 0.25) is 0 Å². The third-order valence-electron chi connectivity index (χ3n) is 6.16. The fourth-order valence-electron chi connectivity index (χ4n) is 4.47. The Morgan fingerprint density at radius 2 is 1.68 bits per heavy atom. The number of halogens is 3. The Balaban J connectivity index is 1.70. The van der Waals surface area contributed by atoms with E-state index in [1.54, 1.807) is 12.1 Å². The Morgan fingerprint density at radius 1 is 1.03 bits per heavy atom. The molecule has 5 nitrogen and oxygen atoms in total. The Hall–Kier alpha value is -1.79. The average molecular weight is 481 g/mol. The Morgan fingerprint density at radius 3 is 2.32 bits per heavy atom. The highest BCUT2D eigenvalue weighted by Crippen LogP contribution is 2.42. The van der Waals surface area contributed by atoms with E-state index < -0.39 is 0 Å². The van der Waals surface area contributed by atoms with Crippen molar-refractivity contribution >= 4 is 52.1 Å². The van der Waals surface area contributed by atoms with E-state index in [9.17, 15) is 4.79 Å². The van der Waals surface area contributed by atoms with Crippen LogP contribution in [0.5, 0.6) is 0 Å². The fourth-order valence-corrected chi connectivity index (χ4v) is 5.09. The molecular weight excluding hydrogens is 455 g/mol. The maximum absolute atomic E-state index is 13.3. The van der Waals surface area contributed by atoms with E-state index in [2.05, 4.69) is 12.5 Å². The number of piperidine rings is 1. The lowest BCUT2D eigenvalue weighted by Crippen LogP contribution is -2.61. The van der Waals surface area contributed by atoms with Crippen molar-refractivity contribution in [3.05, 3.63) is 63.1 Å². The van der Waals surface area contributed by atoms with E-state index in [1.807, 2.05) is 42.3 Å². The molecule has 164 valence electrons. The van der Waals surface area contributed by atoms with Crippen LogP contribution in [-0.4, -0.2) is 36.3 Å². The highest BCUT2D eigenvalue weighted by molar-refractivity contribution is 6.40. The second-order valence-corrected chi connectivity index (χ2v) is 9.84. The highest BCUT2D eigenvalue weighted by Gasteiger charge is 2.42. The van der Waals surface area contributed by atoms with Crippen LogP contribution in [0.2, 0.25) is 15.1 Å².